The molecule has 0 saturated carbocycles. The Bertz CT molecular complexity index is 430. The summed E-state index contributed by atoms with van der Waals surface area (Å²) in [6, 6.07) is 0. The highest BCUT2D eigenvalue weighted by molar-refractivity contribution is 5.81. The normalized spacial score (nSPS) is 12.0. The van der Waals surface area contributed by atoms with Crippen molar-refractivity contribution in [2.75, 3.05) is 6.61 Å². The van der Waals surface area contributed by atoms with Crippen molar-refractivity contribution in [2.24, 2.45) is 12.2 Å². The van der Waals surface area contributed by atoms with Crippen LogP contribution in [0.4, 0.5) is 0 Å². The van der Waals surface area contributed by atoms with Crippen molar-refractivity contribution in [1.29, 1.82) is 0 Å². The van der Waals surface area contributed by atoms with E-state index in [1.165, 1.54) is 6.21 Å². The Labute approximate surface area is 99.9 Å². The second kappa shape index (κ2) is 4.99. The van der Waals surface area contributed by atoms with Gasteiger partial charge in [-0.3, -0.25) is 4.68 Å². The molecule has 0 spiro atoms. The molecular weight excluding hydrogens is 222 g/mol. The van der Waals surface area contributed by atoms with Gasteiger partial charge in [-0.1, -0.05) is 25.9 Å². The van der Waals surface area contributed by atoms with E-state index in [1.807, 2.05) is 34.0 Å². The molecule has 6 nitrogen and oxygen atoms in total. The highest BCUT2D eigenvalue weighted by Gasteiger charge is 2.20. The third-order valence-corrected chi connectivity index (χ3v) is 2.02. The second-order valence-corrected chi connectivity index (χ2v) is 4.76. The van der Waals surface area contributed by atoms with Crippen LogP contribution in [0.15, 0.2) is 11.4 Å². The summed E-state index contributed by atoms with van der Waals surface area (Å²) in [5.41, 5.74) is 1.61. The molecular formula is C11H17N3O3. The summed E-state index contributed by atoms with van der Waals surface area (Å²) in [4.78, 5) is 14.8. The molecule has 1 aromatic heterocycles. The number of hydrogen-bond donors (Lipinski definition) is 1. The van der Waals surface area contributed by atoms with Crippen LogP contribution in [0.1, 0.15) is 32.0 Å². The first-order valence-corrected chi connectivity index (χ1v) is 5.22. The Hall–Kier alpha value is -1.85. The van der Waals surface area contributed by atoms with Crippen molar-refractivity contribution in [3.8, 4) is 0 Å². The van der Waals surface area contributed by atoms with Gasteiger partial charge in [0, 0.05) is 24.2 Å². The van der Waals surface area contributed by atoms with Crippen molar-refractivity contribution < 1.29 is 14.7 Å². The number of carboxylic acid groups (broad SMARTS) is 1. The zero-order valence-electron chi connectivity index (χ0n) is 10.5. The summed E-state index contributed by atoms with van der Waals surface area (Å²) < 4.78 is 1.69. The van der Waals surface area contributed by atoms with Gasteiger partial charge in [-0.2, -0.15) is 5.10 Å². The number of oxime groups is 1. The van der Waals surface area contributed by atoms with Gasteiger partial charge >= 0.3 is 5.97 Å². The van der Waals surface area contributed by atoms with Gasteiger partial charge in [0.15, 0.2) is 0 Å². The molecule has 0 atom stereocenters. The Morgan fingerprint density at radius 1 is 1.65 bits per heavy atom. The minimum absolute atomic E-state index is 0.102. The lowest BCUT2D eigenvalue weighted by Crippen LogP contribution is -2.14. The molecule has 94 valence electrons. The highest BCUT2D eigenvalue weighted by atomic mass is 16.6. The average molecular weight is 239 g/mol. The van der Waals surface area contributed by atoms with Crippen LogP contribution in [0.3, 0.4) is 0 Å². The largest absolute Gasteiger partial charge is 0.479 e. The van der Waals surface area contributed by atoms with E-state index in [0.717, 1.165) is 11.3 Å². The Balaban J connectivity index is 2.80. The fraction of sp³-hybridized carbons (Fsp3) is 0.545. The molecule has 0 bridgehead atoms. The van der Waals surface area contributed by atoms with E-state index in [9.17, 15) is 4.79 Å². The first kappa shape index (κ1) is 13.2. The predicted octanol–water partition coefficient (Wildman–Crippen LogP) is 1.15. The van der Waals surface area contributed by atoms with E-state index in [2.05, 4.69) is 15.1 Å². The third kappa shape index (κ3) is 3.90. The second-order valence-electron chi connectivity index (χ2n) is 4.76. The molecule has 0 fully saturated rings. The van der Waals surface area contributed by atoms with Crippen LogP contribution in [0.5, 0.6) is 0 Å². The van der Waals surface area contributed by atoms with Crippen molar-refractivity contribution in [3.05, 3.63) is 17.5 Å². The van der Waals surface area contributed by atoms with Gasteiger partial charge in [0.1, 0.15) is 0 Å². The zero-order valence-corrected chi connectivity index (χ0v) is 10.5. The van der Waals surface area contributed by atoms with Gasteiger partial charge < -0.3 is 9.94 Å². The van der Waals surface area contributed by atoms with E-state index >= 15 is 0 Å². The minimum Gasteiger partial charge on any atom is -0.479 e. The molecule has 1 rings (SSSR count). The number of hydrogen-bond acceptors (Lipinski definition) is 4. The Morgan fingerprint density at radius 3 is 2.82 bits per heavy atom. The molecule has 0 aliphatic rings. The van der Waals surface area contributed by atoms with Crippen LogP contribution >= 0.6 is 0 Å². The van der Waals surface area contributed by atoms with Crippen molar-refractivity contribution in [1.82, 2.24) is 9.78 Å². The fourth-order valence-corrected chi connectivity index (χ4v) is 1.37. The average Bonchev–Trinajstić information content (AvgIpc) is 2.53. The molecule has 0 unspecified atom stereocenters. The quantitative estimate of drug-likeness (QED) is 0.631. The Kier molecular flexibility index (Phi) is 3.88. The molecule has 0 amide bonds. The lowest BCUT2D eigenvalue weighted by atomic mass is 9.90. The van der Waals surface area contributed by atoms with E-state index in [4.69, 9.17) is 5.11 Å². The highest BCUT2D eigenvalue weighted by Crippen LogP contribution is 2.22. The molecule has 0 aliphatic carbocycles. The minimum atomic E-state index is -1.05. The van der Waals surface area contributed by atoms with Gasteiger partial charge in [-0.15, -0.1) is 0 Å². The monoisotopic (exact) mass is 239 g/mol. The lowest BCUT2D eigenvalue weighted by molar-refractivity contribution is -0.142. The first-order valence-electron chi connectivity index (χ1n) is 5.22. The number of aromatic nitrogens is 2. The SMILES string of the molecule is Cn1cc(/C=N/OCC(=O)O)c(C(C)(C)C)n1. The number of carbonyl (C=O) groups is 1. The summed E-state index contributed by atoms with van der Waals surface area (Å²) in [6.45, 7) is 5.70. The lowest BCUT2D eigenvalue weighted by Gasteiger charge is -2.15. The molecule has 1 N–H and O–H groups in total. The smallest absolute Gasteiger partial charge is 0.344 e. The summed E-state index contributed by atoms with van der Waals surface area (Å²) in [5, 5.41) is 16.3. The molecule has 1 aromatic rings. The molecule has 0 saturated heterocycles. The van der Waals surface area contributed by atoms with E-state index < -0.39 is 12.6 Å². The van der Waals surface area contributed by atoms with E-state index in [1.54, 1.807) is 4.68 Å². The number of nitrogens with zero attached hydrogens (tertiary/aromatic N) is 3. The molecule has 6 heteroatoms. The van der Waals surface area contributed by atoms with Gasteiger partial charge in [-0.05, 0) is 0 Å². The van der Waals surface area contributed by atoms with Crippen LogP contribution in [0.25, 0.3) is 0 Å². The van der Waals surface area contributed by atoms with Gasteiger partial charge in [0.2, 0.25) is 6.61 Å². The van der Waals surface area contributed by atoms with Crippen LogP contribution < -0.4 is 0 Å². The maximum absolute atomic E-state index is 10.2. The Morgan fingerprint density at radius 2 is 2.29 bits per heavy atom. The molecule has 1 heterocycles. The number of aryl methyl sites for hydroxylation is 1. The van der Waals surface area contributed by atoms with Gasteiger partial charge in [0.25, 0.3) is 0 Å². The van der Waals surface area contributed by atoms with Crippen LogP contribution in [-0.2, 0) is 22.1 Å². The van der Waals surface area contributed by atoms with Crippen molar-refractivity contribution >= 4 is 12.2 Å². The molecule has 0 aromatic carbocycles. The molecule has 0 aliphatic heterocycles. The third-order valence-electron chi connectivity index (χ3n) is 2.02. The predicted molar refractivity (Wildman–Crippen MR) is 63.1 cm³/mol. The summed E-state index contributed by atoms with van der Waals surface area (Å²) >= 11 is 0. The molecule has 0 radical (unpaired) electrons. The van der Waals surface area contributed by atoms with Crippen LogP contribution in [0, 0.1) is 0 Å². The number of rotatable bonds is 4. The van der Waals surface area contributed by atoms with Gasteiger partial charge in [-0.25, -0.2) is 4.79 Å². The summed E-state index contributed by atoms with van der Waals surface area (Å²) in [6.07, 6.45) is 3.30. The zero-order chi connectivity index (χ0) is 13.1. The number of carboxylic acids is 1. The first-order chi connectivity index (χ1) is 7.80. The van der Waals surface area contributed by atoms with Gasteiger partial charge in [0.05, 0.1) is 11.9 Å². The van der Waals surface area contributed by atoms with Crippen LogP contribution in [-0.4, -0.2) is 33.7 Å². The summed E-state index contributed by atoms with van der Waals surface area (Å²) in [7, 11) is 1.82. The number of aliphatic carboxylic acids is 1. The summed E-state index contributed by atoms with van der Waals surface area (Å²) in [5.74, 6) is -1.05. The van der Waals surface area contributed by atoms with Crippen molar-refractivity contribution in [3.63, 3.8) is 0 Å². The van der Waals surface area contributed by atoms with E-state index in [-0.39, 0.29) is 5.41 Å². The maximum atomic E-state index is 10.2. The fourth-order valence-electron chi connectivity index (χ4n) is 1.37. The topological polar surface area (TPSA) is 76.7 Å². The maximum Gasteiger partial charge on any atom is 0.344 e. The molecule has 17 heavy (non-hydrogen) atoms. The van der Waals surface area contributed by atoms with Crippen molar-refractivity contribution in [2.45, 2.75) is 26.2 Å². The standard InChI is InChI=1S/C11H17N3O3/c1-11(2,3)10-8(6-14(4)13-10)5-12-17-7-9(15)16/h5-6H,7H2,1-4H3,(H,15,16)/b12-5+. The van der Waals surface area contributed by atoms with E-state index in [0.29, 0.717) is 0 Å². The van der Waals surface area contributed by atoms with Crippen LogP contribution in [0.2, 0.25) is 0 Å².